The highest BCUT2D eigenvalue weighted by molar-refractivity contribution is 6.35. The molecular weight excluding hydrogens is 297 g/mol. The van der Waals surface area contributed by atoms with Gasteiger partial charge < -0.3 is 5.11 Å². The molecule has 0 aliphatic rings. The summed E-state index contributed by atoms with van der Waals surface area (Å²) in [5.41, 5.74) is -0.650. The predicted molar refractivity (Wildman–Crippen MR) is 79.7 cm³/mol. The molecule has 6 heteroatoms. The third kappa shape index (κ3) is 2.87. The van der Waals surface area contributed by atoms with Gasteiger partial charge in [-0.2, -0.15) is 5.10 Å². The first-order valence-corrected chi connectivity index (χ1v) is 6.86. The van der Waals surface area contributed by atoms with E-state index in [2.05, 4.69) is 16.7 Å². The topological polar surface area (TPSA) is 50.9 Å². The molecule has 0 amide bonds. The maximum Gasteiger partial charge on any atom is 0.137 e. The summed E-state index contributed by atoms with van der Waals surface area (Å²) in [5.74, 6) is -0.231. The Labute approximate surface area is 127 Å². The van der Waals surface area contributed by atoms with Gasteiger partial charge in [-0.15, -0.1) is 6.58 Å². The van der Waals surface area contributed by atoms with Crippen LogP contribution < -0.4 is 0 Å². The van der Waals surface area contributed by atoms with Gasteiger partial charge >= 0.3 is 0 Å². The number of aliphatic hydroxyl groups is 1. The van der Waals surface area contributed by atoms with Crippen LogP contribution in [0.25, 0.3) is 0 Å². The zero-order valence-corrected chi connectivity index (χ0v) is 12.5. The predicted octanol–water partition coefficient (Wildman–Crippen LogP) is 3.29. The van der Waals surface area contributed by atoms with Crippen molar-refractivity contribution in [3.8, 4) is 0 Å². The van der Waals surface area contributed by atoms with E-state index < -0.39 is 5.60 Å². The molecule has 0 fully saturated rings. The van der Waals surface area contributed by atoms with Crippen molar-refractivity contribution in [2.45, 2.75) is 19.1 Å². The molecule has 2 aromatic rings. The molecule has 0 aliphatic carbocycles. The van der Waals surface area contributed by atoms with E-state index in [4.69, 9.17) is 23.2 Å². The highest BCUT2D eigenvalue weighted by atomic mass is 35.5. The van der Waals surface area contributed by atoms with Crippen molar-refractivity contribution in [3.05, 3.63) is 59.1 Å². The number of halogens is 2. The molecule has 0 aliphatic heterocycles. The summed E-state index contributed by atoms with van der Waals surface area (Å²) in [4.78, 5) is 3.88. The van der Waals surface area contributed by atoms with Gasteiger partial charge in [0.05, 0.1) is 6.54 Å². The first kappa shape index (κ1) is 15.0. The van der Waals surface area contributed by atoms with E-state index in [9.17, 15) is 5.11 Å². The third-order valence-corrected chi connectivity index (χ3v) is 3.92. The second-order valence-electron chi connectivity index (χ2n) is 4.67. The van der Waals surface area contributed by atoms with E-state index in [0.29, 0.717) is 15.6 Å². The molecule has 106 valence electrons. The maximum absolute atomic E-state index is 11.1. The molecular formula is C14H15Cl2N3O. The summed E-state index contributed by atoms with van der Waals surface area (Å²) in [7, 11) is 0. The number of rotatable bonds is 5. The molecule has 0 saturated heterocycles. The molecule has 0 radical (unpaired) electrons. The highest BCUT2D eigenvalue weighted by Crippen LogP contribution is 2.37. The van der Waals surface area contributed by atoms with Gasteiger partial charge in [0.1, 0.15) is 18.3 Å². The lowest BCUT2D eigenvalue weighted by Gasteiger charge is -2.33. The Hall–Kier alpha value is -1.36. The standard InChI is InChI=1S/C14H15Cl2N3O/c1-3-10(2)14(20,7-19-9-17-8-18-19)12-5-4-11(15)6-13(12)16/h3-6,8-10,20H,1,7H2,2H3. The normalized spacial score (nSPS) is 15.6. The zero-order chi connectivity index (χ0) is 14.8. The van der Waals surface area contributed by atoms with Gasteiger partial charge in [-0.05, 0) is 12.1 Å². The van der Waals surface area contributed by atoms with Crippen molar-refractivity contribution < 1.29 is 5.11 Å². The zero-order valence-electron chi connectivity index (χ0n) is 11.0. The molecule has 1 aromatic carbocycles. The summed E-state index contributed by atoms with van der Waals surface area (Å²) in [6, 6.07) is 5.03. The fraction of sp³-hybridized carbons (Fsp3) is 0.286. The van der Waals surface area contributed by atoms with Crippen LogP contribution in [0.15, 0.2) is 43.5 Å². The van der Waals surface area contributed by atoms with Crippen molar-refractivity contribution in [1.82, 2.24) is 14.8 Å². The van der Waals surface area contributed by atoms with Crippen LogP contribution in [0.4, 0.5) is 0 Å². The maximum atomic E-state index is 11.1. The average Bonchev–Trinajstić information content (AvgIpc) is 2.90. The molecule has 1 N–H and O–H groups in total. The lowest BCUT2D eigenvalue weighted by atomic mass is 9.82. The Bertz CT molecular complexity index is 600. The largest absolute Gasteiger partial charge is 0.383 e. The SMILES string of the molecule is C=CC(C)C(O)(Cn1cncn1)c1ccc(Cl)cc1Cl. The molecule has 2 rings (SSSR count). The van der Waals surface area contributed by atoms with Gasteiger partial charge in [0.15, 0.2) is 0 Å². The van der Waals surface area contributed by atoms with E-state index in [-0.39, 0.29) is 12.5 Å². The summed E-state index contributed by atoms with van der Waals surface area (Å²) < 4.78 is 1.56. The van der Waals surface area contributed by atoms with Gasteiger partial charge in [0.25, 0.3) is 0 Å². The van der Waals surface area contributed by atoms with Gasteiger partial charge in [0, 0.05) is 21.5 Å². The van der Waals surface area contributed by atoms with Crippen molar-refractivity contribution in [2.75, 3.05) is 0 Å². The summed E-state index contributed by atoms with van der Waals surface area (Å²) in [6.07, 6.45) is 4.65. The first-order chi connectivity index (χ1) is 9.47. The minimum absolute atomic E-state index is 0.224. The Balaban J connectivity index is 2.48. The Morgan fingerprint density at radius 3 is 2.80 bits per heavy atom. The third-order valence-electron chi connectivity index (χ3n) is 3.37. The quantitative estimate of drug-likeness (QED) is 0.862. The van der Waals surface area contributed by atoms with Crippen LogP contribution >= 0.6 is 23.2 Å². The fourth-order valence-corrected chi connectivity index (χ4v) is 2.64. The lowest BCUT2D eigenvalue weighted by Crippen LogP contribution is -2.37. The lowest BCUT2D eigenvalue weighted by molar-refractivity contribution is -0.0190. The fourth-order valence-electron chi connectivity index (χ4n) is 2.07. The van der Waals surface area contributed by atoms with Crippen molar-refractivity contribution >= 4 is 23.2 Å². The molecule has 1 aromatic heterocycles. The van der Waals surface area contributed by atoms with E-state index in [0.717, 1.165) is 0 Å². The summed E-state index contributed by atoms with van der Waals surface area (Å²) in [5, 5.41) is 16.1. The number of aromatic nitrogens is 3. The molecule has 2 atom stereocenters. The van der Waals surface area contributed by atoms with Crippen LogP contribution in [-0.4, -0.2) is 19.9 Å². The van der Waals surface area contributed by atoms with E-state index in [1.54, 1.807) is 35.3 Å². The average molecular weight is 312 g/mol. The van der Waals surface area contributed by atoms with Crippen LogP contribution in [0.3, 0.4) is 0 Å². The highest BCUT2D eigenvalue weighted by Gasteiger charge is 2.36. The summed E-state index contributed by atoms with van der Waals surface area (Å²) >= 11 is 12.1. The van der Waals surface area contributed by atoms with E-state index in [1.165, 1.54) is 6.33 Å². The minimum Gasteiger partial charge on any atom is -0.383 e. The van der Waals surface area contributed by atoms with E-state index >= 15 is 0 Å². The number of hydrogen-bond acceptors (Lipinski definition) is 3. The van der Waals surface area contributed by atoms with Gasteiger partial charge in [-0.25, -0.2) is 9.67 Å². The van der Waals surface area contributed by atoms with Crippen molar-refractivity contribution in [1.29, 1.82) is 0 Å². The number of benzene rings is 1. The van der Waals surface area contributed by atoms with E-state index in [1.807, 2.05) is 6.92 Å². The molecule has 1 heterocycles. The van der Waals surface area contributed by atoms with Gasteiger partial charge in [-0.1, -0.05) is 42.3 Å². The Morgan fingerprint density at radius 2 is 2.25 bits per heavy atom. The second-order valence-corrected chi connectivity index (χ2v) is 5.51. The van der Waals surface area contributed by atoms with Crippen molar-refractivity contribution in [2.24, 2.45) is 5.92 Å². The van der Waals surface area contributed by atoms with Crippen LogP contribution in [-0.2, 0) is 12.1 Å². The number of nitrogens with zero attached hydrogens (tertiary/aromatic N) is 3. The first-order valence-electron chi connectivity index (χ1n) is 6.10. The number of hydrogen-bond donors (Lipinski definition) is 1. The smallest absolute Gasteiger partial charge is 0.137 e. The molecule has 20 heavy (non-hydrogen) atoms. The van der Waals surface area contributed by atoms with Gasteiger partial charge in [0.2, 0.25) is 0 Å². The molecule has 2 unspecified atom stereocenters. The molecule has 0 bridgehead atoms. The monoisotopic (exact) mass is 311 g/mol. The van der Waals surface area contributed by atoms with Crippen molar-refractivity contribution in [3.63, 3.8) is 0 Å². The summed E-state index contributed by atoms with van der Waals surface area (Å²) in [6.45, 7) is 5.85. The molecule has 4 nitrogen and oxygen atoms in total. The van der Waals surface area contributed by atoms with Crippen LogP contribution in [0.1, 0.15) is 12.5 Å². The van der Waals surface area contributed by atoms with Crippen LogP contribution in [0, 0.1) is 5.92 Å². The second kappa shape index (κ2) is 5.95. The molecule has 0 saturated carbocycles. The minimum atomic E-state index is -1.24. The van der Waals surface area contributed by atoms with Crippen LogP contribution in [0.2, 0.25) is 10.0 Å². The van der Waals surface area contributed by atoms with Gasteiger partial charge in [-0.3, -0.25) is 0 Å². The molecule has 0 spiro atoms. The Morgan fingerprint density at radius 1 is 1.50 bits per heavy atom. The Kier molecular flexibility index (Phi) is 4.48. The van der Waals surface area contributed by atoms with Crippen LogP contribution in [0.5, 0.6) is 0 Å².